The van der Waals surface area contributed by atoms with Crippen molar-refractivity contribution in [1.82, 2.24) is 0 Å². The second kappa shape index (κ2) is 7.75. The molecule has 4 heteroatoms. The summed E-state index contributed by atoms with van der Waals surface area (Å²) in [5, 5.41) is 2.92. The van der Waals surface area contributed by atoms with Crippen molar-refractivity contribution in [2.75, 3.05) is 11.6 Å². The first kappa shape index (κ1) is 16.9. The van der Waals surface area contributed by atoms with E-state index in [1.54, 1.807) is 18.7 Å². The molecular weight excluding hydrogens is 318 g/mol. The molecule has 0 heterocycles. The molecule has 1 amide bonds. The summed E-state index contributed by atoms with van der Waals surface area (Å²) in [6.07, 6.45) is 6.23. The van der Waals surface area contributed by atoms with E-state index in [9.17, 15) is 4.79 Å². The van der Waals surface area contributed by atoms with E-state index in [0.717, 1.165) is 29.2 Å². The molecule has 3 rings (SSSR count). The van der Waals surface area contributed by atoms with E-state index in [2.05, 4.69) is 17.4 Å². The maximum atomic E-state index is 12.4. The Labute approximate surface area is 147 Å². The van der Waals surface area contributed by atoms with Gasteiger partial charge in [0.15, 0.2) is 6.10 Å². The molecule has 0 bridgehead atoms. The van der Waals surface area contributed by atoms with Crippen LogP contribution in [-0.2, 0) is 17.6 Å². The minimum atomic E-state index is -0.537. The monoisotopic (exact) mass is 341 g/mol. The van der Waals surface area contributed by atoms with E-state index in [0.29, 0.717) is 0 Å². The van der Waals surface area contributed by atoms with Crippen LogP contribution in [0.5, 0.6) is 5.75 Å². The first-order chi connectivity index (χ1) is 11.7. The third-order valence-corrected chi connectivity index (χ3v) is 5.06. The van der Waals surface area contributed by atoms with Crippen LogP contribution < -0.4 is 10.1 Å². The number of thioether (sulfide) groups is 1. The molecular formula is C20H23NO2S. The molecule has 0 aliphatic heterocycles. The standard InChI is InChI=1S/C20H23NO2S/c1-14(20(22)21-17-8-5-9-19(13-17)24-2)23-18-11-10-15-6-3-4-7-16(15)12-18/h5,8-14H,3-4,6-7H2,1-2H3,(H,21,22). The summed E-state index contributed by atoms with van der Waals surface area (Å²) in [7, 11) is 0. The topological polar surface area (TPSA) is 38.3 Å². The van der Waals surface area contributed by atoms with Gasteiger partial charge in [-0.3, -0.25) is 4.79 Å². The number of aryl methyl sites for hydroxylation is 2. The molecule has 1 atom stereocenters. The Hall–Kier alpha value is -1.94. The number of amides is 1. The molecule has 0 saturated heterocycles. The van der Waals surface area contributed by atoms with Crippen molar-refractivity contribution in [1.29, 1.82) is 0 Å². The van der Waals surface area contributed by atoms with E-state index in [1.807, 2.05) is 36.6 Å². The van der Waals surface area contributed by atoms with Crippen LogP contribution in [0.1, 0.15) is 30.9 Å². The van der Waals surface area contributed by atoms with Crippen LogP contribution in [0.3, 0.4) is 0 Å². The molecule has 0 aromatic heterocycles. The lowest BCUT2D eigenvalue weighted by Crippen LogP contribution is -2.30. The van der Waals surface area contributed by atoms with E-state index in [1.165, 1.54) is 24.0 Å². The Kier molecular flexibility index (Phi) is 5.46. The van der Waals surface area contributed by atoms with E-state index in [-0.39, 0.29) is 5.91 Å². The first-order valence-corrected chi connectivity index (χ1v) is 9.61. The number of carbonyl (C=O) groups excluding carboxylic acids is 1. The maximum Gasteiger partial charge on any atom is 0.265 e. The van der Waals surface area contributed by atoms with Crippen molar-refractivity contribution in [2.45, 2.75) is 43.6 Å². The zero-order valence-corrected chi connectivity index (χ0v) is 15.0. The SMILES string of the molecule is CSc1cccc(NC(=O)C(C)Oc2ccc3c(c2)CCCC3)c1. The summed E-state index contributed by atoms with van der Waals surface area (Å²) in [5.74, 6) is 0.641. The third kappa shape index (κ3) is 4.12. The number of anilines is 1. The van der Waals surface area contributed by atoms with Gasteiger partial charge in [0.25, 0.3) is 5.91 Å². The predicted molar refractivity (Wildman–Crippen MR) is 100 cm³/mol. The van der Waals surface area contributed by atoms with Gasteiger partial charge in [-0.2, -0.15) is 0 Å². The lowest BCUT2D eigenvalue weighted by atomic mass is 9.92. The normalized spacial score (nSPS) is 14.6. The Morgan fingerprint density at radius 3 is 2.71 bits per heavy atom. The lowest BCUT2D eigenvalue weighted by molar-refractivity contribution is -0.122. The van der Waals surface area contributed by atoms with Gasteiger partial charge in [-0.1, -0.05) is 12.1 Å². The Morgan fingerprint density at radius 1 is 1.12 bits per heavy atom. The van der Waals surface area contributed by atoms with Gasteiger partial charge in [-0.25, -0.2) is 0 Å². The van der Waals surface area contributed by atoms with Crippen LogP contribution in [0.15, 0.2) is 47.4 Å². The number of rotatable bonds is 5. The molecule has 3 nitrogen and oxygen atoms in total. The summed E-state index contributed by atoms with van der Waals surface area (Å²) in [4.78, 5) is 13.5. The number of nitrogens with one attached hydrogen (secondary N) is 1. The molecule has 0 radical (unpaired) electrons. The number of fused-ring (bicyclic) bond motifs is 1. The van der Waals surface area contributed by atoms with Crippen molar-refractivity contribution in [3.63, 3.8) is 0 Å². The Morgan fingerprint density at radius 2 is 1.92 bits per heavy atom. The molecule has 2 aromatic carbocycles. The largest absolute Gasteiger partial charge is 0.481 e. The summed E-state index contributed by atoms with van der Waals surface area (Å²) >= 11 is 1.65. The number of hydrogen-bond acceptors (Lipinski definition) is 3. The molecule has 1 aliphatic carbocycles. The van der Waals surface area contributed by atoms with Crippen LogP contribution in [-0.4, -0.2) is 18.3 Å². The van der Waals surface area contributed by atoms with Crippen molar-refractivity contribution >= 4 is 23.4 Å². The minimum Gasteiger partial charge on any atom is -0.481 e. The summed E-state index contributed by atoms with van der Waals surface area (Å²) < 4.78 is 5.85. The highest BCUT2D eigenvalue weighted by molar-refractivity contribution is 7.98. The quantitative estimate of drug-likeness (QED) is 0.802. The summed E-state index contributed by atoms with van der Waals surface area (Å²) in [6.45, 7) is 1.78. The van der Waals surface area contributed by atoms with Gasteiger partial charge >= 0.3 is 0 Å². The number of hydrogen-bond donors (Lipinski definition) is 1. The minimum absolute atomic E-state index is 0.133. The molecule has 1 unspecified atom stereocenters. The average molecular weight is 341 g/mol. The van der Waals surface area contributed by atoms with Crippen LogP contribution in [0.25, 0.3) is 0 Å². The third-order valence-electron chi connectivity index (χ3n) is 4.34. The molecule has 126 valence electrons. The molecule has 0 fully saturated rings. The summed E-state index contributed by atoms with van der Waals surface area (Å²) in [6, 6.07) is 14.0. The zero-order valence-electron chi connectivity index (χ0n) is 14.2. The van der Waals surface area contributed by atoms with Crippen molar-refractivity contribution < 1.29 is 9.53 Å². The summed E-state index contributed by atoms with van der Waals surface area (Å²) in [5.41, 5.74) is 3.58. The molecule has 1 N–H and O–H groups in total. The Balaban J connectivity index is 1.63. The number of benzene rings is 2. The van der Waals surface area contributed by atoms with Crippen LogP contribution >= 0.6 is 11.8 Å². The van der Waals surface area contributed by atoms with Gasteiger partial charge in [0.05, 0.1) is 0 Å². The van der Waals surface area contributed by atoms with E-state index >= 15 is 0 Å². The van der Waals surface area contributed by atoms with E-state index < -0.39 is 6.10 Å². The highest BCUT2D eigenvalue weighted by atomic mass is 32.2. The van der Waals surface area contributed by atoms with Gasteiger partial charge in [0.1, 0.15) is 5.75 Å². The fraction of sp³-hybridized carbons (Fsp3) is 0.350. The maximum absolute atomic E-state index is 12.4. The van der Waals surface area contributed by atoms with Gasteiger partial charge in [-0.15, -0.1) is 11.8 Å². The predicted octanol–water partition coefficient (Wildman–Crippen LogP) is 4.69. The molecule has 2 aromatic rings. The second-order valence-electron chi connectivity index (χ2n) is 6.12. The van der Waals surface area contributed by atoms with Crippen LogP contribution in [0.4, 0.5) is 5.69 Å². The van der Waals surface area contributed by atoms with Gasteiger partial charge in [-0.05, 0) is 80.3 Å². The van der Waals surface area contributed by atoms with Gasteiger partial charge in [0, 0.05) is 10.6 Å². The molecule has 0 saturated carbocycles. The van der Waals surface area contributed by atoms with Crippen molar-refractivity contribution in [3.8, 4) is 5.75 Å². The van der Waals surface area contributed by atoms with E-state index in [4.69, 9.17) is 4.74 Å². The highest BCUT2D eigenvalue weighted by Crippen LogP contribution is 2.26. The average Bonchev–Trinajstić information content (AvgIpc) is 2.61. The van der Waals surface area contributed by atoms with Crippen LogP contribution in [0, 0.1) is 0 Å². The van der Waals surface area contributed by atoms with Crippen LogP contribution in [0.2, 0.25) is 0 Å². The van der Waals surface area contributed by atoms with Gasteiger partial charge in [0.2, 0.25) is 0 Å². The molecule has 1 aliphatic rings. The number of carbonyl (C=O) groups is 1. The Bertz CT molecular complexity index is 729. The fourth-order valence-electron chi connectivity index (χ4n) is 2.99. The molecule has 24 heavy (non-hydrogen) atoms. The molecule has 0 spiro atoms. The van der Waals surface area contributed by atoms with Gasteiger partial charge < -0.3 is 10.1 Å². The lowest BCUT2D eigenvalue weighted by Gasteiger charge is -2.19. The smallest absolute Gasteiger partial charge is 0.265 e. The first-order valence-electron chi connectivity index (χ1n) is 8.39. The second-order valence-corrected chi connectivity index (χ2v) is 7.00. The zero-order chi connectivity index (χ0) is 16.9. The number of ether oxygens (including phenoxy) is 1. The van der Waals surface area contributed by atoms with Crippen molar-refractivity contribution in [3.05, 3.63) is 53.6 Å². The highest BCUT2D eigenvalue weighted by Gasteiger charge is 2.16. The fourth-order valence-corrected chi connectivity index (χ4v) is 3.44. The van der Waals surface area contributed by atoms with Crippen molar-refractivity contribution in [2.24, 2.45) is 0 Å².